The van der Waals surface area contributed by atoms with Crippen molar-refractivity contribution in [2.24, 2.45) is 0 Å². The molecule has 20 heavy (non-hydrogen) atoms. The van der Waals surface area contributed by atoms with Gasteiger partial charge in [-0.3, -0.25) is 0 Å². The smallest absolute Gasteiger partial charge is 0.333 e. The maximum atomic E-state index is 11.7. The quantitative estimate of drug-likeness (QED) is 0.664. The van der Waals surface area contributed by atoms with Crippen LogP contribution in [0, 0.1) is 6.92 Å². The number of allylic oxidation sites excluding steroid dienone is 1. The predicted octanol–water partition coefficient (Wildman–Crippen LogP) is 3.07. The summed E-state index contributed by atoms with van der Waals surface area (Å²) in [7, 11) is 1.52. The van der Waals surface area contributed by atoms with E-state index in [0.29, 0.717) is 11.1 Å². The lowest BCUT2D eigenvalue weighted by atomic mass is 9.94. The fourth-order valence-corrected chi connectivity index (χ4v) is 1.77. The highest BCUT2D eigenvalue weighted by atomic mass is 16.6. The van der Waals surface area contributed by atoms with E-state index >= 15 is 0 Å². The summed E-state index contributed by atoms with van der Waals surface area (Å²) in [5.74, 6) is -0.254. The van der Waals surface area contributed by atoms with E-state index in [2.05, 4.69) is 0 Å². The molecule has 1 aromatic carbocycles. The number of carbonyl (C=O) groups excluding carboxylic acids is 1. The number of hydrogen-bond donors (Lipinski definition) is 1. The van der Waals surface area contributed by atoms with Crippen LogP contribution in [0.3, 0.4) is 0 Å². The Morgan fingerprint density at radius 2 is 2.10 bits per heavy atom. The van der Waals surface area contributed by atoms with Crippen LogP contribution in [-0.2, 0) is 19.9 Å². The summed E-state index contributed by atoms with van der Waals surface area (Å²) < 4.78 is 10.7. The van der Waals surface area contributed by atoms with Crippen LogP contribution < -0.4 is 0 Å². The molecule has 1 atom stereocenters. The van der Waals surface area contributed by atoms with Crippen LogP contribution in [0.25, 0.3) is 0 Å². The Labute approximate surface area is 120 Å². The summed E-state index contributed by atoms with van der Waals surface area (Å²) >= 11 is 0. The molecule has 0 aromatic heterocycles. The summed E-state index contributed by atoms with van der Waals surface area (Å²) in [5, 5.41) is 10.0. The Morgan fingerprint density at radius 1 is 1.45 bits per heavy atom. The van der Waals surface area contributed by atoms with Crippen LogP contribution in [-0.4, -0.2) is 24.8 Å². The van der Waals surface area contributed by atoms with Gasteiger partial charge in [-0.15, -0.1) is 0 Å². The van der Waals surface area contributed by atoms with Crippen LogP contribution in [0.2, 0.25) is 0 Å². The number of benzene rings is 1. The highest BCUT2D eigenvalue weighted by molar-refractivity contribution is 5.87. The van der Waals surface area contributed by atoms with Crippen molar-refractivity contribution < 1.29 is 19.4 Å². The largest absolute Gasteiger partial charge is 0.508 e. The van der Waals surface area contributed by atoms with E-state index in [1.54, 1.807) is 39.0 Å². The van der Waals surface area contributed by atoms with Crippen LogP contribution in [0.5, 0.6) is 5.75 Å². The second-order valence-electron chi connectivity index (χ2n) is 5.00. The van der Waals surface area contributed by atoms with Crippen LogP contribution in [0.1, 0.15) is 31.9 Å². The molecule has 1 rings (SSSR count). The third-order valence-electron chi connectivity index (χ3n) is 3.41. The van der Waals surface area contributed by atoms with Gasteiger partial charge in [-0.2, -0.15) is 0 Å². The van der Waals surface area contributed by atoms with E-state index in [1.807, 2.05) is 13.0 Å². The van der Waals surface area contributed by atoms with E-state index < -0.39 is 5.60 Å². The van der Waals surface area contributed by atoms with Gasteiger partial charge in [0.25, 0.3) is 0 Å². The zero-order valence-electron chi connectivity index (χ0n) is 12.7. The molecule has 0 bridgehead atoms. The fourth-order valence-electron chi connectivity index (χ4n) is 1.77. The molecule has 1 aromatic rings. The first-order valence-electron chi connectivity index (χ1n) is 6.49. The normalized spacial score (nSPS) is 14.8. The summed E-state index contributed by atoms with van der Waals surface area (Å²) in [6, 6.07) is 5.32. The van der Waals surface area contributed by atoms with Gasteiger partial charge < -0.3 is 14.6 Å². The Balaban J connectivity index is 2.94. The zero-order chi connectivity index (χ0) is 15.3. The third-order valence-corrected chi connectivity index (χ3v) is 3.41. The van der Waals surface area contributed by atoms with Gasteiger partial charge in [0.1, 0.15) is 18.0 Å². The first-order chi connectivity index (χ1) is 9.34. The minimum absolute atomic E-state index is 0.0319. The molecule has 0 aliphatic carbocycles. The Hall–Kier alpha value is -1.81. The Kier molecular flexibility index (Phi) is 5.34. The predicted molar refractivity (Wildman–Crippen MR) is 77.6 cm³/mol. The monoisotopic (exact) mass is 278 g/mol. The molecule has 0 spiro atoms. The molecule has 0 aliphatic rings. The number of aromatic hydroxyl groups is 1. The molecule has 0 fully saturated rings. The van der Waals surface area contributed by atoms with Gasteiger partial charge in [-0.25, -0.2) is 4.79 Å². The number of phenolic OH excluding ortho intramolecular Hbond substituents is 1. The average Bonchev–Trinajstić information content (AvgIpc) is 2.43. The maximum absolute atomic E-state index is 11.7. The van der Waals surface area contributed by atoms with Crippen molar-refractivity contribution in [3.63, 3.8) is 0 Å². The van der Waals surface area contributed by atoms with Crippen LogP contribution >= 0.6 is 0 Å². The molecule has 1 N–H and O–H groups in total. The van der Waals surface area contributed by atoms with Crippen LogP contribution in [0.4, 0.5) is 0 Å². The fraction of sp³-hybridized carbons (Fsp3) is 0.438. The van der Waals surface area contributed by atoms with Crippen molar-refractivity contribution in [2.75, 3.05) is 13.7 Å². The number of carbonyl (C=O) groups is 1. The van der Waals surface area contributed by atoms with Gasteiger partial charge in [-0.1, -0.05) is 18.2 Å². The first-order valence-corrected chi connectivity index (χ1v) is 6.49. The lowest BCUT2D eigenvalue weighted by Crippen LogP contribution is -2.32. The SMILES string of the molecule is CC=C(C)C(=O)OC[C@](C)(OC)c1ccc(C)cc1O. The molecule has 0 heterocycles. The van der Waals surface area contributed by atoms with Crippen molar-refractivity contribution >= 4 is 5.97 Å². The molecule has 110 valence electrons. The molecule has 0 amide bonds. The molecule has 0 radical (unpaired) electrons. The van der Waals surface area contributed by atoms with Crippen molar-refractivity contribution in [1.82, 2.24) is 0 Å². The van der Waals surface area contributed by atoms with E-state index in [-0.39, 0.29) is 18.3 Å². The van der Waals surface area contributed by atoms with Gasteiger partial charge in [0.2, 0.25) is 0 Å². The average molecular weight is 278 g/mol. The van der Waals surface area contributed by atoms with E-state index in [4.69, 9.17) is 9.47 Å². The van der Waals surface area contributed by atoms with Crippen molar-refractivity contribution in [3.05, 3.63) is 41.0 Å². The number of hydrogen-bond acceptors (Lipinski definition) is 4. The number of phenols is 1. The molecule has 0 saturated carbocycles. The highest BCUT2D eigenvalue weighted by Crippen LogP contribution is 2.33. The lowest BCUT2D eigenvalue weighted by Gasteiger charge is -2.29. The minimum atomic E-state index is -0.887. The summed E-state index contributed by atoms with van der Waals surface area (Å²) in [5.41, 5.74) is 1.20. The van der Waals surface area contributed by atoms with Crippen molar-refractivity contribution in [1.29, 1.82) is 0 Å². The van der Waals surface area contributed by atoms with E-state index in [9.17, 15) is 9.90 Å². The maximum Gasteiger partial charge on any atom is 0.333 e. The van der Waals surface area contributed by atoms with Gasteiger partial charge in [-0.05, 0) is 39.3 Å². The number of ether oxygens (including phenoxy) is 2. The molecule has 0 aliphatic heterocycles. The molecular formula is C16H22O4. The number of aryl methyl sites for hydroxylation is 1. The molecule has 4 nitrogen and oxygen atoms in total. The van der Waals surface area contributed by atoms with E-state index in [0.717, 1.165) is 5.56 Å². The van der Waals surface area contributed by atoms with Gasteiger partial charge in [0.05, 0.1) is 0 Å². The number of esters is 1. The molecule has 4 heteroatoms. The standard InChI is InChI=1S/C16H22O4/c1-6-12(3)15(18)20-10-16(4,19-5)13-8-7-11(2)9-14(13)17/h6-9,17H,10H2,1-5H3/t16-/m0/s1. The second kappa shape index (κ2) is 6.57. The van der Waals surface area contributed by atoms with Crippen LogP contribution in [0.15, 0.2) is 29.8 Å². The zero-order valence-corrected chi connectivity index (χ0v) is 12.7. The highest BCUT2D eigenvalue weighted by Gasteiger charge is 2.31. The molecule has 0 unspecified atom stereocenters. The summed E-state index contributed by atoms with van der Waals surface area (Å²) in [6.45, 7) is 7.16. The minimum Gasteiger partial charge on any atom is -0.508 e. The van der Waals surface area contributed by atoms with Gasteiger partial charge >= 0.3 is 5.97 Å². The topological polar surface area (TPSA) is 55.8 Å². The first kappa shape index (κ1) is 16.2. The Morgan fingerprint density at radius 3 is 2.60 bits per heavy atom. The van der Waals surface area contributed by atoms with Crippen molar-refractivity contribution in [3.8, 4) is 5.75 Å². The summed E-state index contributed by atoms with van der Waals surface area (Å²) in [6.07, 6.45) is 1.69. The van der Waals surface area contributed by atoms with E-state index in [1.165, 1.54) is 7.11 Å². The molecular weight excluding hydrogens is 256 g/mol. The van der Waals surface area contributed by atoms with Crippen molar-refractivity contribution in [2.45, 2.75) is 33.3 Å². The lowest BCUT2D eigenvalue weighted by molar-refractivity contribution is -0.148. The van der Waals surface area contributed by atoms with Gasteiger partial charge in [0.15, 0.2) is 0 Å². The Bertz CT molecular complexity index is 519. The molecule has 0 saturated heterocycles. The number of rotatable bonds is 5. The summed E-state index contributed by atoms with van der Waals surface area (Å²) in [4.78, 5) is 11.7. The third kappa shape index (κ3) is 3.61. The van der Waals surface area contributed by atoms with Gasteiger partial charge in [0, 0.05) is 18.2 Å². The number of methoxy groups -OCH3 is 1. The second-order valence-corrected chi connectivity index (χ2v) is 5.00.